The molecule has 0 atom stereocenters. The Morgan fingerprint density at radius 3 is 2.46 bits per heavy atom. The van der Waals surface area contributed by atoms with Crippen LogP contribution in [0.2, 0.25) is 0 Å². The van der Waals surface area contributed by atoms with Crippen LogP contribution in [0.15, 0.2) is 53.9 Å². The van der Waals surface area contributed by atoms with Crippen molar-refractivity contribution in [1.29, 1.82) is 0 Å². The van der Waals surface area contributed by atoms with E-state index < -0.39 is 0 Å². The molecule has 0 saturated heterocycles. The van der Waals surface area contributed by atoms with Crippen molar-refractivity contribution in [2.24, 2.45) is 7.05 Å². The fourth-order valence-corrected chi connectivity index (χ4v) is 3.41. The molecule has 3 aromatic rings. The minimum atomic E-state index is -0.227. The number of thioether (sulfide) groups is 1. The van der Waals surface area contributed by atoms with Gasteiger partial charge in [-0.1, -0.05) is 23.9 Å². The summed E-state index contributed by atoms with van der Waals surface area (Å²) in [5, 5.41) is 14.1. The van der Waals surface area contributed by atoms with Gasteiger partial charge in [-0.05, 0) is 55.3 Å². The molecule has 8 heteroatoms. The molecule has 2 aromatic carbocycles. The Balaban J connectivity index is 1.62. The smallest absolute Gasteiger partial charge is 0.255 e. The van der Waals surface area contributed by atoms with Gasteiger partial charge in [0.15, 0.2) is 5.16 Å². The van der Waals surface area contributed by atoms with Crippen molar-refractivity contribution >= 4 is 35.0 Å². The molecule has 0 bridgehead atoms. The van der Waals surface area contributed by atoms with Crippen molar-refractivity contribution in [1.82, 2.24) is 14.8 Å². The SMILES string of the molecule is Cc1cc(C)cc(NC(=O)c2cccc(NC(=O)CSc3nncn3C)c2)c1. The summed E-state index contributed by atoms with van der Waals surface area (Å²) in [6, 6.07) is 12.7. The Kier molecular flexibility index (Phi) is 6.10. The summed E-state index contributed by atoms with van der Waals surface area (Å²) < 4.78 is 1.75. The lowest BCUT2D eigenvalue weighted by Crippen LogP contribution is -2.16. The van der Waals surface area contributed by atoms with Crippen LogP contribution in [-0.4, -0.2) is 32.3 Å². The van der Waals surface area contributed by atoms with Gasteiger partial charge in [-0.2, -0.15) is 0 Å². The average Bonchev–Trinajstić information content (AvgIpc) is 3.04. The molecule has 2 amide bonds. The first-order valence-corrected chi connectivity index (χ1v) is 9.65. The second kappa shape index (κ2) is 8.71. The maximum absolute atomic E-state index is 12.5. The molecule has 0 spiro atoms. The molecule has 28 heavy (non-hydrogen) atoms. The lowest BCUT2D eigenvalue weighted by atomic mass is 10.1. The van der Waals surface area contributed by atoms with Gasteiger partial charge in [0.05, 0.1) is 5.75 Å². The van der Waals surface area contributed by atoms with E-state index in [-0.39, 0.29) is 17.6 Å². The molecule has 0 aliphatic heterocycles. The molecule has 144 valence electrons. The number of nitrogens with one attached hydrogen (secondary N) is 2. The van der Waals surface area contributed by atoms with Crippen molar-refractivity contribution in [2.75, 3.05) is 16.4 Å². The molecule has 3 rings (SSSR count). The second-order valence-electron chi connectivity index (χ2n) is 6.47. The van der Waals surface area contributed by atoms with E-state index in [9.17, 15) is 9.59 Å². The van der Waals surface area contributed by atoms with Crippen LogP contribution in [0.1, 0.15) is 21.5 Å². The molecule has 0 aliphatic carbocycles. The summed E-state index contributed by atoms with van der Waals surface area (Å²) in [7, 11) is 1.82. The highest BCUT2D eigenvalue weighted by Gasteiger charge is 2.10. The lowest BCUT2D eigenvalue weighted by molar-refractivity contribution is -0.113. The first kappa shape index (κ1) is 19.6. The van der Waals surface area contributed by atoms with E-state index in [1.54, 1.807) is 35.2 Å². The number of hydrogen-bond acceptors (Lipinski definition) is 5. The summed E-state index contributed by atoms with van der Waals surface area (Å²) >= 11 is 1.29. The summed E-state index contributed by atoms with van der Waals surface area (Å²) in [5.74, 6) is -0.208. The summed E-state index contributed by atoms with van der Waals surface area (Å²) in [6.07, 6.45) is 1.58. The molecule has 0 fully saturated rings. The number of hydrogen-bond donors (Lipinski definition) is 2. The number of anilines is 2. The van der Waals surface area contributed by atoms with Crippen LogP contribution >= 0.6 is 11.8 Å². The number of benzene rings is 2. The van der Waals surface area contributed by atoms with Crippen LogP contribution in [0, 0.1) is 13.8 Å². The van der Waals surface area contributed by atoms with Gasteiger partial charge in [0.25, 0.3) is 5.91 Å². The van der Waals surface area contributed by atoms with Crippen molar-refractivity contribution in [3.63, 3.8) is 0 Å². The van der Waals surface area contributed by atoms with E-state index in [4.69, 9.17) is 0 Å². The second-order valence-corrected chi connectivity index (χ2v) is 7.42. The Morgan fingerprint density at radius 1 is 1.04 bits per heavy atom. The zero-order valence-corrected chi connectivity index (χ0v) is 16.7. The molecular formula is C20H21N5O2S. The van der Waals surface area contributed by atoms with E-state index in [0.717, 1.165) is 16.8 Å². The minimum absolute atomic E-state index is 0.181. The Labute approximate surface area is 167 Å². The highest BCUT2D eigenvalue weighted by molar-refractivity contribution is 7.99. The third-order valence-electron chi connectivity index (χ3n) is 3.89. The van der Waals surface area contributed by atoms with Crippen LogP contribution < -0.4 is 10.6 Å². The third-order valence-corrected chi connectivity index (χ3v) is 4.92. The standard InChI is InChI=1S/C20H21N5O2S/c1-13-7-14(2)9-17(8-13)23-19(27)15-5-4-6-16(10-15)22-18(26)11-28-20-24-21-12-25(20)3/h4-10,12H,11H2,1-3H3,(H,22,26)(H,23,27). The van der Waals surface area contributed by atoms with Gasteiger partial charge in [0.1, 0.15) is 6.33 Å². The van der Waals surface area contributed by atoms with Gasteiger partial charge in [-0.3, -0.25) is 9.59 Å². The number of rotatable bonds is 6. The number of amides is 2. The van der Waals surface area contributed by atoms with Gasteiger partial charge in [0, 0.05) is 24.0 Å². The predicted octanol–water partition coefficient (Wildman–Crippen LogP) is 3.42. The molecule has 7 nitrogen and oxygen atoms in total. The maximum atomic E-state index is 12.5. The molecule has 2 N–H and O–H groups in total. The fourth-order valence-electron chi connectivity index (χ4n) is 2.72. The normalized spacial score (nSPS) is 10.5. The molecular weight excluding hydrogens is 374 g/mol. The zero-order chi connectivity index (χ0) is 20.1. The van der Waals surface area contributed by atoms with Crippen LogP contribution in [0.25, 0.3) is 0 Å². The largest absolute Gasteiger partial charge is 0.325 e. The summed E-state index contributed by atoms with van der Waals surface area (Å²) in [5.41, 5.74) is 3.94. The fraction of sp³-hybridized carbons (Fsp3) is 0.200. The topological polar surface area (TPSA) is 88.9 Å². The van der Waals surface area contributed by atoms with Crippen molar-refractivity contribution < 1.29 is 9.59 Å². The lowest BCUT2D eigenvalue weighted by Gasteiger charge is -2.09. The van der Waals surface area contributed by atoms with Gasteiger partial charge in [-0.15, -0.1) is 10.2 Å². The zero-order valence-electron chi connectivity index (χ0n) is 15.9. The van der Waals surface area contributed by atoms with E-state index in [2.05, 4.69) is 20.8 Å². The third kappa shape index (κ3) is 5.20. The molecule has 0 aliphatic rings. The molecule has 0 radical (unpaired) electrons. The van der Waals surface area contributed by atoms with Crippen molar-refractivity contribution in [3.8, 4) is 0 Å². The van der Waals surface area contributed by atoms with Gasteiger partial charge < -0.3 is 15.2 Å². The molecule has 1 heterocycles. The highest BCUT2D eigenvalue weighted by atomic mass is 32.2. The van der Waals surface area contributed by atoms with Crippen molar-refractivity contribution in [3.05, 3.63) is 65.5 Å². The number of nitrogens with zero attached hydrogens (tertiary/aromatic N) is 3. The maximum Gasteiger partial charge on any atom is 0.255 e. The summed E-state index contributed by atoms with van der Waals surface area (Å²) in [4.78, 5) is 24.7. The Hall–Kier alpha value is -3.13. The Morgan fingerprint density at radius 2 is 1.79 bits per heavy atom. The van der Waals surface area contributed by atoms with E-state index in [1.165, 1.54) is 11.8 Å². The predicted molar refractivity (Wildman–Crippen MR) is 111 cm³/mol. The molecule has 1 aromatic heterocycles. The van der Waals surface area contributed by atoms with Crippen LogP contribution in [0.5, 0.6) is 0 Å². The number of carbonyl (C=O) groups is 2. The van der Waals surface area contributed by atoms with E-state index in [1.807, 2.05) is 39.1 Å². The van der Waals surface area contributed by atoms with Crippen LogP contribution in [0.4, 0.5) is 11.4 Å². The quantitative estimate of drug-likeness (QED) is 0.625. The van der Waals surface area contributed by atoms with Crippen LogP contribution in [-0.2, 0) is 11.8 Å². The monoisotopic (exact) mass is 395 g/mol. The van der Waals surface area contributed by atoms with Gasteiger partial charge in [-0.25, -0.2) is 0 Å². The first-order chi connectivity index (χ1) is 13.4. The molecule has 0 saturated carbocycles. The number of aromatic nitrogens is 3. The number of carbonyl (C=O) groups excluding carboxylic acids is 2. The first-order valence-electron chi connectivity index (χ1n) is 8.67. The van der Waals surface area contributed by atoms with Crippen molar-refractivity contribution in [2.45, 2.75) is 19.0 Å². The molecule has 0 unspecified atom stereocenters. The minimum Gasteiger partial charge on any atom is -0.325 e. The van der Waals surface area contributed by atoms with E-state index in [0.29, 0.717) is 16.4 Å². The highest BCUT2D eigenvalue weighted by Crippen LogP contribution is 2.18. The number of aryl methyl sites for hydroxylation is 3. The van der Waals surface area contributed by atoms with Gasteiger partial charge >= 0.3 is 0 Å². The van der Waals surface area contributed by atoms with Gasteiger partial charge in [0.2, 0.25) is 5.91 Å². The van der Waals surface area contributed by atoms with E-state index >= 15 is 0 Å². The average molecular weight is 395 g/mol. The Bertz CT molecular complexity index is 995. The van der Waals surface area contributed by atoms with Crippen LogP contribution in [0.3, 0.4) is 0 Å². The summed E-state index contributed by atoms with van der Waals surface area (Å²) in [6.45, 7) is 3.97.